The van der Waals surface area contributed by atoms with Crippen LogP contribution < -0.4 is 5.32 Å². The second-order valence-corrected chi connectivity index (χ2v) is 6.00. The zero-order valence-electron chi connectivity index (χ0n) is 12.5. The first kappa shape index (κ1) is 15.5. The van der Waals surface area contributed by atoms with Crippen molar-refractivity contribution in [3.05, 3.63) is 0 Å². The minimum absolute atomic E-state index is 0.310. The number of piperidine rings is 1. The number of rotatable bonds is 6. The quantitative estimate of drug-likeness (QED) is 0.790. The molecule has 18 heavy (non-hydrogen) atoms. The van der Waals surface area contributed by atoms with Crippen LogP contribution in [0.5, 0.6) is 0 Å². The second kappa shape index (κ2) is 7.78. The third-order valence-corrected chi connectivity index (χ3v) is 3.99. The number of hydrogen-bond donors (Lipinski definition) is 1. The average molecular weight is 254 g/mol. The Bertz CT molecular complexity index is 247. The molecule has 0 aromatic carbocycles. The summed E-state index contributed by atoms with van der Waals surface area (Å²) in [5, 5.41) is 3.53. The summed E-state index contributed by atoms with van der Waals surface area (Å²) in [6.07, 6.45) is 5.56. The van der Waals surface area contributed by atoms with E-state index in [1.54, 1.807) is 0 Å². The van der Waals surface area contributed by atoms with Gasteiger partial charge in [0.2, 0.25) is 5.91 Å². The van der Waals surface area contributed by atoms with Gasteiger partial charge in [-0.25, -0.2) is 0 Å². The molecule has 0 radical (unpaired) electrons. The van der Waals surface area contributed by atoms with Crippen molar-refractivity contribution >= 4 is 5.91 Å². The summed E-state index contributed by atoms with van der Waals surface area (Å²) < 4.78 is 0. The molecule has 0 saturated carbocycles. The second-order valence-electron chi connectivity index (χ2n) is 6.00. The summed E-state index contributed by atoms with van der Waals surface area (Å²) in [7, 11) is 0. The predicted octanol–water partition coefficient (Wildman–Crippen LogP) is 2.80. The first-order valence-electron chi connectivity index (χ1n) is 7.57. The van der Waals surface area contributed by atoms with Crippen LogP contribution in [0, 0.1) is 5.92 Å². The third-order valence-electron chi connectivity index (χ3n) is 3.99. The molecule has 0 aliphatic carbocycles. The molecule has 1 rings (SSSR count). The van der Waals surface area contributed by atoms with Crippen molar-refractivity contribution in [2.75, 3.05) is 13.1 Å². The summed E-state index contributed by atoms with van der Waals surface area (Å²) >= 11 is 0. The van der Waals surface area contributed by atoms with Crippen LogP contribution in [0.4, 0.5) is 0 Å². The molecule has 1 heterocycles. The van der Waals surface area contributed by atoms with Crippen LogP contribution >= 0.6 is 0 Å². The van der Waals surface area contributed by atoms with Gasteiger partial charge in [0, 0.05) is 25.0 Å². The lowest BCUT2D eigenvalue weighted by Crippen LogP contribution is -2.48. The lowest BCUT2D eigenvalue weighted by atomic mass is 10.0. The molecule has 1 N–H and O–H groups in total. The maximum atomic E-state index is 12.3. The van der Waals surface area contributed by atoms with E-state index in [4.69, 9.17) is 0 Å². The highest BCUT2D eigenvalue weighted by Crippen LogP contribution is 2.14. The number of hydrogen-bond acceptors (Lipinski definition) is 2. The molecule has 106 valence electrons. The van der Waals surface area contributed by atoms with Crippen LogP contribution in [-0.4, -0.2) is 36.0 Å². The fourth-order valence-electron chi connectivity index (χ4n) is 2.48. The minimum Gasteiger partial charge on any atom is -0.339 e. The van der Waals surface area contributed by atoms with Crippen LogP contribution in [0.15, 0.2) is 0 Å². The van der Waals surface area contributed by atoms with Gasteiger partial charge in [0.05, 0.1) is 0 Å². The van der Waals surface area contributed by atoms with E-state index >= 15 is 0 Å². The van der Waals surface area contributed by atoms with E-state index in [1.165, 1.54) is 19.3 Å². The van der Waals surface area contributed by atoms with E-state index in [2.05, 4.69) is 37.9 Å². The smallest absolute Gasteiger partial charge is 0.223 e. The number of amides is 1. The lowest BCUT2D eigenvalue weighted by Gasteiger charge is -2.33. The average Bonchev–Trinajstić information content (AvgIpc) is 2.36. The van der Waals surface area contributed by atoms with E-state index in [0.29, 0.717) is 30.3 Å². The van der Waals surface area contributed by atoms with Crippen molar-refractivity contribution in [3.8, 4) is 0 Å². The van der Waals surface area contributed by atoms with Crippen LogP contribution in [0.1, 0.15) is 59.8 Å². The van der Waals surface area contributed by atoms with Crippen molar-refractivity contribution in [3.63, 3.8) is 0 Å². The maximum Gasteiger partial charge on any atom is 0.223 e. The van der Waals surface area contributed by atoms with Crippen molar-refractivity contribution in [2.45, 2.75) is 71.9 Å². The zero-order valence-corrected chi connectivity index (χ0v) is 12.5. The lowest BCUT2D eigenvalue weighted by molar-refractivity contribution is -0.134. The van der Waals surface area contributed by atoms with Gasteiger partial charge in [-0.3, -0.25) is 4.79 Å². The Morgan fingerprint density at radius 3 is 2.56 bits per heavy atom. The van der Waals surface area contributed by atoms with E-state index in [-0.39, 0.29) is 0 Å². The van der Waals surface area contributed by atoms with Crippen LogP contribution in [0.3, 0.4) is 0 Å². The molecule has 0 aromatic heterocycles. The van der Waals surface area contributed by atoms with Gasteiger partial charge in [0.25, 0.3) is 0 Å². The first-order valence-corrected chi connectivity index (χ1v) is 7.57. The largest absolute Gasteiger partial charge is 0.339 e. The van der Waals surface area contributed by atoms with Crippen molar-refractivity contribution < 1.29 is 4.79 Å². The van der Waals surface area contributed by atoms with Gasteiger partial charge in [0.1, 0.15) is 0 Å². The molecule has 1 amide bonds. The summed E-state index contributed by atoms with van der Waals surface area (Å²) in [4.78, 5) is 14.4. The molecular weight excluding hydrogens is 224 g/mol. The number of nitrogens with zero attached hydrogens (tertiary/aromatic N) is 1. The van der Waals surface area contributed by atoms with Crippen molar-refractivity contribution in [1.82, 2.24) is 10.2 Å². The Kier molecular flexibility index (Phi) is 6.69. The number of carbonyl (C=O) groups excluding carboxylic acids is 1. The van der Waals surface area contributed by atoms with E-state index in [0.717, 1.165) is 19.5 Å². The van der Waals surface area contributed by atoms with Gasteiger partial charge in [-0.1, -0.05) is 26.7 Å². The van der Waals surface area contributed by atoms with E-state index < -0.39 is 0 Å². The van der Waals surface area contributed by atoms with Gasteiger partial charge in [-0.05, 0) is 39.2 Å². The SMILES string of the molecule is CCC(C)CC(=O)N(CC1CCCCN1)C(C)C. The molecule has 0 spiro atoms. The number of carbonyl (C=O) groups is 1. The summed E-state index contributed by atoms with van der Waals surface area (Å²) in [5.41, 5.74) is 0. The highest BCUT2D eigenvalue weighted by Gasteiger charge is 2.23. The fraction of sp³-hybridized carbons (Fsp3) is 0.933. The normalized spacial score (nSPS) is 21.9. The van der Waals surface area contributed by atoms with E-state index in [1.807, 2.05) is 0 Å². The predicted molar refractivity (Wildman–Crippen MR) is 76.6 cm³/mol. The Labute approximate surface area is 112 Å². The Morgan fingerprint density at radius 2 is 2.06 bits per heavy atom. The first-order chi connectivity index (χ1) is 8.54. The van der Waals surface area contributed by atoms with Crippen molar-refractivity contribution in [2.24, 2.45) is 5.92 Å². The summed E-state index contributed by atoms with van der Waals surface area (Å²) in [6.45, 7) is 10.5. The third kappa shape index (κ3) is 4.97. The standard InChI is InChI=1S/C15H30N2O/c1-5-13(4)10-15(18)17(12(2)3)11-14-8-6-7-9-16-14/h12-14,16H,5-11H2,1-4H3. The Hall–Kier alpha value is -0.570. The highest BCUT2D eigenvalue weighted by atomic mass is 16.2. The van der Waals surface area contributed by atoms with Gasteiger partial charge < -0.3 is 10.2 Å². The van der Waals surface area contributed by atoms with Gasteiger partial charge >= 0.3 is 0 Å². The molecule has 1 saturated heterocycles. The van der Waals surface area contributed by atoms with E-state index in [9.17, 15) is 4.79 Å². The summed E-state index contributed by atoms with van der Waals surface area (Å²) in [6, 6.07) is 0.812. The molecule has 0 bridgehead atoms. The van der Waals surface area contributed by atoms with Crippen LogP contribution in [-0.2, 0) is 4.79 Å². The number of nitrogens with one attached hydrogen (secondary N) is 1. The fourth-order valence-corrected chi connectivity index (χ4v) is 2.48. The molecular formula is C15H30N2O. The molecule has 1 fully saturated rings. The van der Waals surface area contributed by atoms with Gasteiger partial charge in [-0.15, -0.1) is 0 Å². The highest BCUT2D eigenvalue weighted by molar-refractivity contribution is 5.76. The van der Waals surface area contributed by atoms with Crippen LogP contribution in [0.2, 0.25) is 0 Å². The van der Waals surface area contributed by atoms with Crippen LogP contribution in [0.25, 0.3) is 0 Å². The Balaban J connectivity index is 2.50. The molecule has 1 aliphatic heterocycles. The molecule has 2 unspecified atom stereocenters. The van der Waals surface area contributed by atoms with Gasteiger partial charge in [-0.2, -0.15) is 0 Å². The molecule has 0 aromatic rings. The van der Waals surface area contributed by atoms with Crippen molar-refractivity contribution in [1.29, 1.82) is 0 Å². The molecule has 3 nitrogen and oxygen atoms in total. The molecule has 1 aliphatic rings. The maximum absolute atomic E-state index is 12.3. The summed E-state index contributed by atoms with van der Waals surface area (Å²) in [5.74, 6) is 0.824. The molecule has 2 atom stereocenters. The van der Waals surface area contributed by atoms with Gasteiger partial charge in [0.15, 0.2) is 0 Å². The monoisotopic (exact) mass is 254 g/mol. The zero-order chi connectivity index (χ0) is 13.5. The molecule has 3 heteroatoms. The Morgan fingerprint density at radius 1 is 1.33 bits per heavy atom. The topological polar surface area (TPSA) is 32.3 Å². The minimum atomic E-state index is 0.310.